The summed E-state index contributed by atoms with van der Waals surface area (Å²) in [6.07, 6.45) is 11.5. The van der Waals surface area contributed by atoms with Crippen LogP contribution in [-0.2, 0) is 0 Å². The monoisotopic (exact) mass is 248 g/mol. The van der Waals surface area contributed by atoms with Crippen molar-refractivity contribution < 1.29 is 0 Å². The Morgan fingerprint density at radius 3 is 2.56 bits per heavy atom. The summed E-state index contributed by atoms with van der Waals surface area (Å²) in [5, 5.41) is 3.59. The standard InChI is InChI=1S/C16H28N2/c1-13(11-17-15-8-9-15)12-18-10-4-7-16(18)14-5-2-3-6-14/h14-17H,1-12H2. The van der Waals surface area contributed by atoms with Crippen LogP contribution in [0, 0.1) is 5.92 Å². The minimum Gasteiger partial charge on any atom is -0.310 e. The summed E-state index contributed by atoms with van der Waals surface area (Å²) < 4.78 is 0. The summed E-state index contributed by atoms with van der Waals surface area (Å²) >= 11 is 0. The van der Waals surface area contributed by atoms with E-state index in [-0.39, 0.29) is 0 Å². The molecule has 18 heavy (non-hydrogen) atoms. The van der Waals surface area contributed by atoms with Gasteiger partial charge in [0.15, 0.2) is 0 Å². The van der Waals surface area contributed by atoms with Crippen molar-refractivity contribution in [3.63, 3.8) is 0 Å². The van der Waals surface area contributed by atoms with Gasteiger partial charge in [-0.15, -0.1) is 0 Å². The Hall–Kier alpha value is -0.340. The molecule has 102 valence electrons. The van der Waals surface area contributed by atoms with Gasteiger partial charge in [0.2, 0.25) is 0 Å². The van der Waals surface area contributed by atoms with Crippen molar-refractivity contribution in [2.24, 2.45) is 5.92 Å². The SMILES string of the molecule is C=C(CNC1CC1)CN1CCCC1C1CCCC1. The van der Waals surface area contributed by atoms with Crippen LogP contribution in [0.4, 0.5) is 0 Å². The second kappa shape index (κ2) is 5.75. The average molecular weight is 248 g/mol. The Kier molecular flexibility index (Phi) is 4.05. The summed E-state index contributed by atoms with van der Waals surface area (Å²) in [5.74, 6) is 0.997. The van der Waals surface area contributed by atoms with Gasteiger partial charge in [0.05, 0.1) is 0 Å². The molecule has 2 nitrogen and oxygen atoms in total. The maximum atomic E-state index is 4.27. The Balaban J connectivity index is 1.45. The summed E-state index contributed by atoms with van der Waals surface area (Å²) in [5.41, 5.74) is 1.40. The molecule has 1 heterocycles. The lowest BCUT2D eigenvalue weighted by molar-refractivity contribution is 0.204. The smallest absolute Gasteiger partial charge is 0.0205 e. The zero-order valence-corrected chi connectivity index (χ0v) is 11.7. The van der Waals surface area contributed by atoms with E-state index in [4.69, 9.17) is 0 Å². The van der Waals surface area contributed by atoms with E-state index in [0.717, 1.165) is 31.1 Å². The summed E-state index contributed by atoms with van der Waals surface area (Å²) in [6.45, 7) is 7.76. The molecule has 0 aromatic heterocycles. The normalized spacial score (nSPS) is 30.1. The van der Waals surface area contributed by atoms with E-state index in [0.29, 0.717) is 0 Å². The van der Waals surface area contributed by atoms with Gasteiger partial charge < -0.3 is 5.32 Å². The molecule has 1 aliphatic heterocycles. The maximum absolute atomic E-state index is 4.27. The molecule has 0 aromatic rings. The first-order valence-electron chi connectivity index (χ1n) is 7.97. The lowest BCUT2D eigenvalue weighted by Gasteiger charge is -2.30. The molecule has 3 fully saturated rings. The van der Waals surface area contributed by atoms with Crippen molar-refractivity contribution in [3.8, 4) is 0 Å². The first-order chi connectivity index (χ1) is 8.83. The van der Waals surface area contributed by atoms with Gasteiger partial charge in [-0.3, -0.25) is 4.90 Å². The zero-order chi connectivity index (χ0) is 12.4. The van der Waals surface area contributed by atoms with E-state index in [9.17, 15) is 0 Å². The van der Waals surface area contributed by atoms with Gasteiger partial charge in [0, 0.05) is 25.2 Å². The van der Waals surface area contributed by atoms with Crippen LogP contribution in [0.15, 0.2) is 12.2 Å². The second-order valence-electron chi connectivity index (χ2n) is 6.63. The van der Waals surface area contributed by atoms with Crippen LogP contribution in [0.5, 0.6) is 0 Å². The minimum atomic E-state index is 0.811. The van der Waals surface area contributed by atoms with Crippen LogP contribution >= 0.6 is 0 Å². The number of hydrogen-bond donors (Lipinski definition) is 1. The maximum Gasteiger partial charge on any atom is 0.0205 e. The Labute approximate surface area is 112 Å². The van der Waals surface area contributed by atoms with Gasteiger partial charge in [-0.1, -0.05) is 19.4 Å². The molecule has 1 N–H and O–H groups in total. The molecule has 1 saturated heterocycles. The van der Waals surface area contributed by atoms with Crippen LogP contribution in [0.3, 0.4) is 0 Å². The van der Waals surface area contributed by atoms with Crippen LogP contribution in [0.1, 0.15) is 51.4 Å². The van der Waals surface area contributed by atoms with Crippen molar-refractivity contribution in [2.45, 2.75) is 63.5 Å². The average Bonchev–Trinajstić information content (AvgIpc) is 2.85. The van der Waals surface area contributed by atoms with Gasteiger partial charge >= 0.3 is 0 Å². The van der Waals surface area contributed by atoms with Crippen molar-refractivity contribution >= 4 is 0 Å². The highest BCUT2D eigenvalue weighted by molar-refractivity contribution is 5.04. The summed E-state index contributed by atoms with van der Waals surface area (Å²) in [4.78, 5) is 2.73. The van der Waals surface area contributed by atoms with E-state index < -0.39 is 0 Å². The van der Waals surface area contributed by atoms with Gasteiger partial charge in [-0.2, -0.15) is 0 Å². The Bertz CT molecular complexity index is 289. The molecule has 0 bridgehead atoms. The number of hydrogen-bond acceptors (Lipinski definition) is 2. The zero-order valence-electron chi connectivity index (χ0n) is 11.7. The van der Waals surface area contributed by atoms with Crippen LogP contribution < -0.4 is 5.32 Å². The third-order valence-electron chi connectivity index (χ3n) is 5.00. The molecule has 3 aliphatic rings. The van der Waals surface area contributed by atoms with E-state index in [1.165, 1.54) is 63.5 Å². The number of nitrogens with one attached hydrogen (secondary N) is 1. The summed E-state index contributed by atoms with van der Waals surface area (Å²) in [7, 11) is 0. The molecule has 3 rings (SSSR count). The molecule has 0 amide bonds. The van der Waals surface area contributed by atoms with Gasteiger partial charge in [0.1, 0.15) is 0 Å². The third kappa shape index (κ3) is 3.16. The predicted molar refractivity (Wildman–Crippen MR) is 76.7 cm³/mol. The Morgan fingerprint density at radius 2 is 1.83 bits per heavy atom. The lowest BCUT2D eigenvalue weighted by atomic mass is 9.96. The molecule has 2 aliphatic carbocycles. The first kappa shape index (κ1) is 12.7. The minimum absolute atomic E-state index is 0.811. The quantitative estimate of drug-likeness (QED) is 0.727. The molecular weight excluding hydrogens is 220 g/mol. The molecule has 0 spiro atoms. The molecule has 0 radical (unpaired) electrons. The lowest BCUT2D eigenvalue weighted by Crippen LogP contribution is -2.37. The fourth-order valence-electron chi connectivity index (χ4n) is 3.84. The van der Waals surface area contributed by atoms with Crippen molar-refractivity contribution in [1.29, 1.82) is 0 Å². The Morgan fingerprint density at radius 1 is 1.06 bits per heavy atom. The highest BCUT2D eigenvalue weighted by Crippen LogP contribution is 2.35. The first-order valence-corrected chi connectivity index (χ1v) is 7.97. The van der Waals surface area contributed by atoms with Gasteiger partial charge in [0.25, 0.3) is 0 Å². The van der Waals surface area contributed by atoms with E-state index >= 15 is 0 Å². The fraction of sp³-hybridized carbons (Fsp3) is 0.875. The molecule has 2 heteroatoms. The summed E-state index contributed by atoms with van der Waals surface area (Å²) in [6, 6.07) is 1.69. The van der Waals surface area contributed by atoms with Crippen molar-refractivity contribution in [1.82, 2.24) is 10.2 Å². The fourth-order valence-corrected chi connectivity index (χ4v) is 3.84. The van der Waals surface area contributed by atoms with Crippen molar-refractivity contribution in [2.75, 3.05) is 19.6 Å². The molecule has 0 aromatic carbocycles. The number of likely N-dealkylation sites (tertiary alicyclic amines) is 1. The third-order valence-corrected chi connectivity index (χ3v) is 5.00. The van der Waals surface area contributed by atoms with Crippen LogP contribution in [0.25, 0.3) is 0 Å². The number of nitrogens with zero attached hydrogens (tertiary/aromatic N) is 1. The molecule has 1 atom stereocenters. The van der Waals surface area contributed by atoms with Crippen molar-refractivity contribution in [3.05, 3.63) is 12.2 Å². The molecule has 1 unspecified atom stereocenters. The van der Waals surface area contributed by atoms with Gasteiger partial charge in [-0.25, -0.2) is 0 Å². The van der Waals surface area contributed by atoms with E-state index in [1.807, 2.05) is 0 Å². The second-order valence-corrected chi connectivity index (χ2v) is 6.63. The van der Waals surface area contributed by atoms with E-state index in [1.54, 1.807) is 0 Å². The van der Waals surface area contributed by atoms with Crippen LogP contribution in [-0.4, -0.2) is 36.6 Å². The highest BCUT2D eigenvalue weighted by Gasteiger charge is 2.33. The van der Waals surface area contributed by atoms with Crippen LogP contribution in [0.2, 0.25) is 0 Å². The van der Waals surface area contributed by atoms with E-state index in [2.05, 4.69) is 16.8 Å². The van der Waals surface area contributed by atoms with Gasteiger partial charge in [-0.05, 0) is 56.6 Å². The topological polar surface area (TPSA) is 15.3 Å². The number of rotatable bonds is 6. The molecular formula is C16H28N2. The largest absolute Gasteiger partial charge is 0.310 e. The predicted octanol–water partition coefficient (Wildman–Crippen LogP) is 2.95. The molecule has 2 saturated carbocycles. The highest BCUT2D eigenvalue weighted by atomic mass is 15.2.